The van der Waals surface area contributed by atoms with Crippen molar-refractivity contribution >= 4 is 24.3 Å². The first-order valence-corrected chi connectivity index (χ1v) is 5.21. The molecule has 1 aromatic carbocycles. The highest BCUT2D eigenvalue weighted by molar-refractivity contribution is 6.32. The lowest BCUT2D eigenvalue weighted by Crippen LogP contribution is -2.31. The van der Waals surface area contributed by atoms with E-state index in [1.807, 2.05) is 0 Å². The molecular formula is C12H10ClNO3. The molecule has 1 heterocycles. The van der Waals surface area contributed by atoms with E-state index in [-0.39, 0.29) is 0 Å². The third-order valence-electron chi connectivity index (χ3n) is 2.30. The molecule has 0 saturated carbocycles. The second-order valence-corrected chi connectivity index (χ2v) is 3.83. The van der Waals surface area contributed by atoms with Crippen LogP contribution in [-0.4, -0.2) is 12.3 Å². The Kier molecular flexibility index (Phi) is 3.06. The van der Waals surface area contributed by atoms with Gasteiger partial charge in [0.05, 0.1) is 22.7 Å². The summed E-state index contributed by atoms with van der Waals surface area (Å²) >= 11 is 5.98. The lowest BCUT2D eigenvalue weighted by molar-refractivity contribution is 0.386. The number of rotatable bonds is 2. The van der Waals surface area contributed by atoms with E-state index in [4.69, 9.17) is 16.3 Å². The zero-order valence-electron chi connectivity index (χ0n) is 9.12. The summed E-state index contributed by atoms with van der Waals surface area (Å²) in [6.45, 7) is 3.66. The summed E-state index contributed by atoms with van der Waals surface area (Å²) in [5.41, 5.74) is 0.314. The number of aromatic nitrogens is 1. The van der Waals surface area contributed by atoms with E-state index in [9.17, 15) is 4.79 Å². The van der Waals surface area contributed by atoms with Crippen LogP contribution in [0.25, 0.3) is 12.7 Å². The molecule has 0 fully saturated rings. The molecule has 0 amide bonds. The van der Waals surface area contributed by atoms with Crippen molar-refractivity contribution in [2.75, 3.05) is 7.11 Å². The molecule has 0 aliphatic rings. The highest BCUT2D eigenvalue weighted by Crippen LogP contribution is 2.24. The van der Waals surface area contributed by atoms with Gasteiger partial charge in [0.25, 0.3) is 0 Å². The average Bonchev–Trinajstić information content (AvgIpc) is 2.61. The molecule has 0 aliphatic heterocycles. The molecule has 1 aromatic heterocycles. The molecule has 4 nitrogen and oxygen atoms in total. The minimum Gasteiger partial charge on any atom is -0.495 e. The molecule has 0 bridgehead atoms. The van der Waals surface area contributed by atoms with Crippen molar-refractivity contribution in [3.63, 3.8) is 0 Å². The van der Waals surface area contributed by atoms with E-state index in [1.54, 1.807) is 31.4 Å². The van der Waals surface area contributed by atoms with Gasteiger partial charge in [-0.15, -0.1) is 0 Å². The molecule has 1 N–H and O–H groups in total. The van der Waals surface area contributed by atoms with E-state index in [2.05, 4.69) is 16.3 Å². The highest BCUT2D eigenvalue weighted by Gasteiger charge is 2.01. The normalized spacial score (nSPS) is 11.8. The van der Waals surface area contributed by atoms with Crippen LogP contribution in [0.3, 0.4) is 0 Å². The van der Waals surface area contributed by atoms with Crippen LogP contribution in [0.1, 0.15) is 5.56 Å². The molecule has 17 heavy (non-hydrogen) atoms. The largest absolute Gasteiger partial charge is 0.495 e. The Bertz CT molecular complexity index is 669. The SMILES string of the molecule is C=c1[nH]oc(=O)c1=Cc1ccc(OC)c(Cl)c1. The third kappa shape index (κ3) is 2.26. The fraction of sp³-hybridized carbons (Fsp3) is 0.0833. The molecule has 0 radical (unpaired) electrons. The van der Waals surface area contributed by atoms with E-state index in [0.29, 0.717) is 21.3 Å². The summed E-state index contributed by atoms with van der Waals surface area (Å²) in [6.07, 6.45) is 1.65. The van der Waals surface area contributed by atoms with Gasteiger partial charge in [-0.3, -0.25) is 0 Å². The number of hydrogen-bond donors (Lipinski definition) is 1. The molecule has 0 spiro atoms. The first-order valence-electron chi connectivity index (χ1n) is 4.83. The predicted octanol–water partition coefficient (Wildman–Crippen LogP) is 0.869. The number of halogens is 1. The van der Waals surface area contributed by atoms with Crippen molar-refractivity contribution in [2.45, 2.75) is 0 Å². The molecule has 0 atom stereocenters. The maximum Gasteiger partial charge on any atom is 0.365 e. The first-order chi connectivity index (χ1) is 8.11. The lowest BCUT2D eigenvalue weighted by Gasteiger charge is -2.02. The monoisotopic (exact) mass is 251 g/mol. The Morgan fingerprint density at radius 3 is 2.82 bits per heavy atom. The zero-order chi connectivity index (χ0) is 12.4. The van der Waals surface area contributed by atoms with E-state index in [0.717, 1.165) is 5.56 Å². The summed E-state index contributed by atoms with van der Waals surface area (Å²) < 4.78 is 9.65. The molecule has 0 aliphatic carbocycles. The van der Waals surface area contributed by atoms with Crippen LogP contribution >= 0.6 is 11.6 Å². The van der Waals surface area contributed by atoms with E-state index in [1.165, 1.54) is 0 Å². The smallest absolute Gasteiger partial charge is 0.365 e. The van der Waals surface area contributed by atoms with Crippen LogP contribution in [0.15, 0.2) is 27.5 Å². The Hall–Kier alpha value is -1.94. The van der Waals surface area contributed by atoms with Crippen molar-refractivity contribution in [1.82, 2.24) is 5.16 Å². The second-order valence-electron chi connectivity index (χ2n) is 3.42. The van der Waals surface area contributed by atoms with Crippen LogP contribution in [-0.2, 0) is 0 Å². The van der Waals surface area contributed by atoms with Gasteiger partial charge in [0.1, 0.15) is 5.75 Å². The van der Waals surface area contributed by atoms with Gasteiger partial charge in [0.15, 0.2) is 0 Å². The first kappa shape index (κ1) is 11.5. The molecular weight excluding hydrogens is 242 g/mol. The number of hydrogen-bond acceptors (Lipinski definition) is 3. The lowest BCUT2D eigenvalue weighted by atomic mass is 10.2. The number of H-pyrrole nitrogens is 1. The minimum atomic E-state index is -0.457. The zero-order valence-corrected chi connectivity index (χ0v) is 9.88. The fourth-order valence-corrected chi connectivity index (χ4v) is 1.69. The molecule has 5 heteroatoms. The number of nitrogens with one attached hydrogen (secondary N) is 1. The van der Waals surface area contributed by atoms with Crippen LogP contribution in [0, 0.1) is 0 Å². The Morgan fingerprint density at radius 1 is 1.53 bits per heavy atom. The number of ether oxygens (including phenoxy) is 1. The van der Waals surface area contributed by atoms with Gasteiger partial charge in [-0.05, 0) is 23.8 Å². The molecule has 0 saturated heterocycles. The van der Waals surface area contributed by atoms with E-state index < -0.39 is 5.63 Å². The average molecular weight is 252 g/mol. The topological polar surface area (TPSA) is 55.2 Å². The summed E-state index contributed by atoms with van der Waals surface area (Å²) in [6, 6.07) is 5.22. The second kappa shape index (κ2) is 4.51. The van der Waals surface area contributed by atoms with Crippen molar-refractivity contribution in [1.29, 1.82) is 0 Å². The molecule has 2 aromatic rings. The number of methoxy groups -OCH3 is 1. The highest BCUT2D eigenvalue weighted by atomic mass is 35.5. The van der Waals surface area contributed by atoms with Crippen LogP contribution < -0.4 is 20.9 Å². The van der Waals surface area contributed by atoms with Crippen LogP contribution in [0.2, 0.25) is 5.02 Å². The van der Waals surface area contributed by atoms with Gasteiger partial charge in [0, 0.05) is 0 Å². The molecule has 2 rings (SSSR count). The predicted molar refractivity (Wildman–Crippen MR) is 65.7 cm³/mol. The summed E-state index contributed by atoms with van der Waals surface area (Å²) in [5, 5.41) is 3.70. The molecule has 88 valence electrons. The van der Waals surface area contributed by atoms with Crippen molar-refractivity contribution in [2.24, 2.45) is 0 Å². The Morgan fingerprint density at radius 2 is 2.29 bits per heavy atom. The summed E-state index contributed by atoms with van der Waals surface area (Å²) in [7, 11) is 1.54. The van der Waals surface area contributed by atoms with Gasteiger partial charge >= 0.3 is 5.63 Å². The van der Waals surface area contributed by atoms with Crippen molar-refractivity contribution in [3.05, 3.63) is 49.8 Å². The van der Waals surface area contributed by atoms with Crippen LogP contribution in [0.5, 0.6) is 5.75 Å². The summed E-state index contributed by atoms with van der Waals surface area (Å²) in [5.74, 6) is 0.583. The maximum absolute atomic E-state index is 11.3. The van der Waals surface area contributed by atoms with Crippen molar-refractivity contribution in [3.8, 4) is 5.75 Å². The maximum atomic E-state index is 11.3. The van der Waals surface area contributed by atoms with Crippen LogP contribution in [0.4, 0.5) is 0 Å². The Labute approximate surface area is 102 Å². The number of aromatic amines is 1. The van der Waals surface area contributed by atoms with Gasteiger partial charge in [-0.2, -0.15) is 0 Å². The quantitative estimate of drug-likeness (QED) is 0.862. The number of benzene rings is 1. The summed E-state index contributed by atoms with van der Waals surface area (Å²) in [4.78, 5) is 11.3. The van der Waals surface area contributed by atoms with Gasteiger partial charge in [0.2, 0.25) is 0 Å². The minimum absolute atomic E-state index is 0.381. The standard InChI is InChI=1S/C12H10ClNO3/c1-7-9(12(15)17-14-7)5-8-3-4-11(16-2)10(13)6-8/h3-6,14H,1H2,2H3. The van der Waals surface area contributed by atoms with Crippen molar-refractivity contribution < 1.29 is 9.26 Å². The Balaban J connectivity index is 2.58. The third-order valence-corrected chi connectivity index (χ3v) is 2.59. The van der Waals surface area contributed by atoms with E-state index >= 15 is 0 Å². The van der Waals surface area contributed by atoms with Gasteiger partial charge in [-0.25, -0.2) is 9.95 Å². The fourth-order valence-electron chi connectivity index (χ4n) is 1.43. The van der Waals surface area contributed by atoms with Gasteiger partial charge < -0.3 is 9.26 Å². The van der Waals surface area contributed by atoms with Gasteiger partial charge in [-0.1, -0.05) is 24.2 Å². The molecule has 0 unspecified atom stereocenters.